The van der Waals surface area contributed by atoms with Crippen molar-refractivity contribution in [2.75, 3.05) is 6.61 Å². The summed E-state index contributed by atoms with van der Waals surface area (Å²) in [6.07, 6.45) is 9.34. The molecule has 1 aliphatic rings. The van der Waals surface area contributed by atoms with Crippen LogP contribution in [-0.4, -0.2) is 32.7 Å². The van der Waals surface area contributed by atoms with E-state index in [2.05, 4.69) is 17.1 Å². The van der Waals surface area contributed by atoms with Crippen LogP contribution in [0.3, 0.4) is 0 Å². The summed E-state index contributed by atoms with van der Waals surface area (Å²) in [5, 5.41) is 14.9. The van der Waals surface area contributed by atoms with E-state index in [1.807, 2.05) is 12.0 Å². The Labute approximate surface area is 145 Å². The van der Waals surface area contributed by atoms with Gasteiger partial charge < -0.3 is 15.0 Å². The predicted octanol–water partition coefficient (Wildman–Crippen LogP) is 2.99. The Morgan fingerprint density at radius 1 is 1.52 bits per heavy atom. The largest absolute Gasteiger partial charge is 0.396 e. The summed E-state index contributed by atoms with van der Waals surface area (Å²) in [6, 6.07) is 0. The van der Waals surface area contributed by atoms with E-state index >= 15 is 0 Å². The normalized spacial score (nSPS) is 16.2. The first kappa shape index (κ1) is 18.4. The quantitative estimate of drug-likeness (QED) is 0.328. The standard InChI is InChI=1S/C17H20N4O4/c1-3-4-9-25-19-15-7-5-13(14(10-15)12-22)6-8-16-18-11-17(20(16)2)21(23)24/h5-6,8,11H,3-4,7,9-10H2,1-2H3. The maximum absolute atomic E-state index is 11.2. The number of nitrogens with zero attached hydrogens (tertiary/aromatic N) is 4. The van der Waals surface area contributed by atoms with Gasteiger partial charge >= 0.3 is 5.82 Å². The summed E-state index contributed by atoms with van der Waals surface area (Å²) in [7, 11) is 1.56. The highest BCUT2D eigenvalue weighted by Crippen LogP contribution is 2.23. The average Bonchev–Trinajstić information content (AvgIpc) is 2.98. The maximum Gasteiger partial charge on any atom is 0.342 e. The highest BCUT2D eigenvalue weighted by atomic mass is 16.6. The lowest BCUT2D eigenvalue weighted by Gasteiger charge is -2.12. The van der Waals surface area contributed by atoms with Crippen LogP contribution < -0.4 is 0 Å². The number of rotatable bonds is 7. The van der Waals surface area contributed by atoms with Crippen molar-refractivity contribution in [3.63, 3.8) is 0 Å². The number of nitro groups is 1. The van der Waals surface area contributed by atoms with Crippen molar-refractivity contribution >= 4 is 23.5 Å². The van der Waals surface area contributed by atoms with Crippen LogP contribution in [-0.2, 0) is 16.7 Å². The number of allylic oxidation sites excluding steroid dienone is 4. The van der Waals surface area contributed by atoms with E-state index in [9.17, 15) is 14.9 Å². The van der Waals surface area contributed by atoms with Gasteiger partial charge in [-0.3, -0.25) is 0 Å². The van der Waals surface area contributed by atoms with Gasteiger partial charge in [0.1, 0.15) is 18.7 Å². The minimum Gasteiger partial charge on any atom is -0.396 e. The summed E-state index contributed by atoms with van der Waals surface area (Å²) in [5.74, 6) is 2.27. The molecule has 0 amide bonds. The SMILES string of the molecule is CCCCON=C1CC=C(C=Cc2ncc([N+](=O)[O-])n2C)C(=C=O)C1. The summed E-state index contributed by atoms with van der Waals surface area (Å²) >= 11 is 0. The van der Waals surface area contributed by atoms with Crippen molar-refractivity contribution in [1.29, 1.82) is 0 Å². The first-order valence-corrected chi connectivity index (χ1v) is 8.03. The summed E-state index contributed by atoms with van der Waals surface area (Å²) in [4.78, 5) is 30.8. The van der Waals surface area contributed by atoms with Crippen LogP contribution in [0.5, 0.6) is 0 Å². The molecule has 1 heterocycles. The van der Waals surface area contributed by atoms with E-state index in [0.717, 1.165) is 18.6 Å². The summed E-state index contributed by atoms with van der Waals surface area (Å²) in [6.45, 7) is 2.64. The first-order valence-electron chi connectivity index (χ1n) is 8.03. The fourth-order valence-corrected chi connectivity index (χ4v) is 2.31. The lowest BCUT2D eigenvalue weighted by Crippen LogP contribution is -2.08. The molecule has 0 aromatic carbocycles. The van der Waals surface area contributed by atoms with Gasteiger partial charge in [0.25, 0.3) is 0 Å². The molecule has 0 N–H and O–H groups in total. The molecule has 0 fully saturated rings. The third kappa shape index (κ3) is 4.74. The zero-order chi connectivity index (χ0) is 18.2. The fraction of sp³-hybridized carbons (Fsp3) is 0.412. The van der Waals surface area contributed by atoms with Gasteiger partial charge in [0, 0.05) is 24.5 Å². The highest BCUT2D eigenvalue weighted by molar-refractivity contribution is 5.93. The Kier molecular flexibility index (Phi) is 6.42. The third-order valence-electron chi connectivity index (χ3n) is 3.79. The van der Waals surface area contributed by atoms with Crippen LogP contribution in [0.2, 0.25) is 0 Å². The molecule has 8 nitrogen and oxygen atoms in total. The first-order chi connectivity index (χ1) is 12.1. The Morgan fingerprint density at radius 3 is 2.96 bits per heavy atom. The number of hydrogen-bond donors (Lipinski definition) is 0. The molecule has 0 atom stereocenters. The number of imidazole rings is 1. The van der Waals surface area contributed by atoms with Gasteiger partial charge in [-0.1, -0.05) is 24.6 Å². The van der Waals surface area contributed by atoms with Crippen LogP contribution in [0.25, 0.3) is 6.08 Å². The molecular weight excluding hydrogens is 324 g/mol. The van der Waals surface area contributed by atoms with E-state index in [1.165, 1.54) is 10.8 Å². The highest BCUT2D eigenvalue weighted by Gasteiger charge is 2.17. The van der Waals surface area contributed by atoms with E-state index < -0.39 is 4.92 Å². The maximum atomic E-state index is 11.2. The van der Waals surface area contributed by atoms with Gasteiger partial charge in [0.05, 0.1) is 12.8 Å². The molecule has 1 aliphatic carbocycles. The van der Waals surface area contributed by atoms with Gasteiger partial charge in [-0.15, -0.1) is 0 Å². The van der Waals surface area contributed by atoms with E-state index in [4.69, 9.17) is 4.84 Å². The lowest BCUT2D eigenvalue weighted by atomic mass is 9.93. The third-order valence-corrected chi connectivity index (χ3v) is 3.79. The molecule has 0 unspecified atom stereocenters. The number of aromatic nitrogens is 2. The van der Waals surface area contributed by atoms with Crippen molar-refractivity contribution in [2.45, 2.75) is 32.6 Å². The lowest BCUT2D eigenvalue weighted by molar-refractivity contribution is -0.391. The Bertz CT molecular complexity index is 783. The molecule has 0 aliphatic heterocycles. The molecule has 0 saturated carbocycles. The van der Waals surface area contributed by atoms with Crippen LogP contribution in [0.15, 0.2) is 34.7 Å². The van der Waals surface area contributed by atoms with Gasteiger partial charge in [0.2, 0.25) is 5.82 Å². The zero-order valence-corrected chi connectivity index (χ0v) is 14.3. The van der Waals surface area contributed by atoms with Crippen LogP contribution in [0.4, 0.5) is 5.82 Å². The zero-order valence-electron chi connectivity index (χ0n) is 14.3. The Balaban J connectivity index is 2.10. The smallest absolute Gasteiger partial charge is 0.342 e. The van der Waals surface area contributed by atoms with Crippen LogP contribution >= 0.6 is 0 Å². The number of carbonyl (C=O) groups excluding carboxylic acids is 1. The van der Waals surface area contributed by atoms with Gasteiger partial charge in [0.15, 0.2) is 0 Å². The van der Waals surface area contributed by atoms with Gasteiger partial charge in [-0.2, -0.15) is 0 Å². The molecule has 132 valence electrons. The van der Waals surface area contributed by atoms with E-state index in [-0.39, 0.29) is 5.82 Å². The minimum absolute atomic E-state index is 0.0953. The molecule has 0 radical (unpaired) electrons. The molecule has 0 bridgehead atoms. The molecule has 1 aromatic heterocycles. The molecular formula is C17H20N4O4. The number of hydrogen-bond acceptors (Lipinski definition) is 6. The predicted molar refractivity (Wildman–Crippen MR) is 93.7 cm³/mol. The van der Waals surface area contributed by atoms with Crippen molar-refractivity contribution < 1.29 is 14.6 Å². The second kappa shape index (κ2) is 8.75. The van der Waals surface area contributed by atoms with Crippen molar-refractivity contribution in [3.05, 3.63) is 45.4 Å². The molecule has 0 saturated heterocycles. The Morgan fingerprint density at radius 2 is 2.32 bits per heavy atom. The summed E-state index contributed by atoms with van der Waals surface area (Å²) in [5.41, 5.74) is 1.97. The molecule has 0 spiro atoms. The van der Waals surface area contributed by atoms with Gasteiger partial charge in [-0.25, -0.2) is 14.3 Å². The average molecular weight is 344 g/mol. The topological polar surface area (TPSA) is 99.6 Å². The minimum atomic E-state index is -0.498. The Hall–Kier alpha value is -2.99. The summed E-state index contributed by atoms with van der Waals surface area (Å²) < 4.78 is 1.37. The van der Waals surface area contributed by atoms with E-state index in [1.54, 1.807) is 19.2 Å². The number of oxime groups is 1. The molecule has 25 heavy (non-hydrogen) atoms. The van der Waals surface area contributed by atoms with Gasteiger partial charge in [-0.05, 0) is 23.0 Å². The van der Waals surface area contributed by atoms with E-state index in [0.29, 0.717) is 36.4 Å². The second-order valence-electron chi connectivity index (χ2n) is 5.59. The second-order valence-corrected chi connectivity index (χ2v) is 5.59. The van der Waals surface area contributed by atoms with Crippen molar-refractivity contribution in [1.82, 2.24) is 9.55 Å². The molecule has 2 rings (SSSR count). The monoisotopic (exact) mass is 344 g/mol. The fourth-order valence-electron chi connectivity index (χ4n) is 2.31. The van der Waals surface area contributed by atoms with Crippen molar-refractivity contribution in [3.8, 4) is 0 Å². The van der Waals surface area contributed by atoms with Crippen LogP contribution in [0.1, 0.15) is 38.4 Å². The van der Waals surface area contributed by atoms with Crippen molar-refractivity contribution in [2.24, 2.45) is 12.2 Å². The molecule has 1 aromatic rings. The molecule has 8 heteroatoms. The van der Waals surface area contributed by atoms with Crippen LogP contribution in [0, 0.1) is 10.1 Å². The number of unbranched alkanes of at least 4 members (excludes halogenated alkanes) is 1.